The van der Waals surface area contributed by atoms with Crippen molar-refractivity contribution in [2.75, 3.05) is 26.7 Å². The molecule has 0 aliphatic heterocycles. The third-order valence-electron chi connectivity index (χ3n) is 5.53. The second-order valence-electron chi connectivity index (χ2n) is 7.88. The van der Waals surface area contributed by atoms with Gasteiger partial charge in [0.25, 0.3) is 0 Å². The van der Waals surface area contributed by atoms with Crippen LogP contribution in [0.5, 0.6) is 5.75 Å². The summed E-state index contributed by atoms with van der Waals surface area (Å²) in [5, 5.41) is 0. The summed E-state index contributed by atoms with van der Waals surface area (Å²) in [7, 11) is 1.92. The van der Waals surface area contributed by atoms with Gasteiger partial charge in [-0.3, -0.25) is 4.79 Å². The van der Waals surface area contributed by atoms with Gasteiger partial charge in [0.15, 0.2) is 0 Å². The van der Waals surface area contributed by atoms with E-state index < -0.39 is 0 Å². The quantitative estimate of drug-likeness (QED) is 0.501. The van der Waals surface area contributed by atoms with Gasteiger partial charge in [-0.15, -0.1) is 0 Å². The molecule has 7 heteroatoms. The average molecular weight is 475 g/mol. The molecule has 0 radical (unpaired) electrons. The molecule has 6 nitrogen and oxygen atoms in total. The van der Waals surface area contributed by atoms with Gasteiger partial charge in [0.1, 0.15) is 18.2 Å². The number of aryl methyl sites for hydroxylation is 1. The van der Waals surface area contributed by atoms with Gasteiger partial charge >= 0.3 is 0 Å². The standard InChI is InChI=1S/C23H31BrN4O2/c1-28(23(29)18-5-4-6-18)13-3-2-7-21-20(24)16-26-22(27-21)15-17-8-10-19(11-9-17)30-14-12-25/h8-11,16,18H,2-7,12-15,25H2,1H3. The maximum absolute atomic E-state index is 12.2. The Morgan fingerprint density at radius 3 is 2.70 bits per heavy atom. The highest BCUT2D eigenvalue weighted by Crippen LogP contribution is 2.28. The van der Waals surface area contributed by atoms with Crippen molar-refractivity contribution < 1.29 is 9.53 Å². The van der Waals surface area contributed by atoms with Crippen molar-refractivity contribution in [2.24, 2.45) is 11.7 Å². The van der Waals surface area contributed by atoms with Gasteiger partial charge in [-0.2, -0.15) is 0 Å². The lowest BCUT2D eigenvalue weighted by atomic mass is 9.84. The van der Waals surface area contributed by atoms with Crippen molar-refractivity contribution in [3.8, 4) is 5.75 Å². The molecule has 1 aromatic carbocycles. The van der Waals surface area contributed by atoms with Gasteiger partial charge < -0.3 is 15.4 Å². The van der Waals surface area contributed by atoms with E-state index in [1.165, 1.54) is 6.42 Å². The zero-order chi connectivity index (χ0) is 21.3. The van der Waals surface area contributed by atoms with Crippen molar-refractivity contribution in [3.05, 3.63) is 52.0 Å². The number of ether oxygens (including phenoxy) is 1. The molecule has 3 rings (SSSR count). The van der Waals surface area contributed by atoms with Crippen LogP contribution in [0, 0.1) is 5.92 Å². The molecular formula is C23H31BrN4O2. The number of hydrogen-bond acceptors (Lipinski definition) is 5. The average Bonchev–Trinajstić information content (AvgIpc) is 2.71. The minimum atomic E-state index is 0.273. The maximum Gasteiger partial charge on any atom is 0.225 e. The van der Waals surface area contributed by atoms with Crippen LogP contribution in [0.1, 0.15) is 49.2 Å². The molecule has 1 saturated carbocycles. The Bertz CT molecular complexity index is 824. The number of aromatic nitrogens is 2. The smallest absolute Gasteiger partial charge is 0.225 e. The molecule has 0 atom stereocenters. The van der Waals surface area contributed by atoms with Crippen LogP contribution in [0.4, 0.5) is 0 Å². The first-order valence-corrected chi connectivity index (χ1v) is 11.5. The fourth-order valence-corrected chi connectivity index (χ4v) is 3.87. The zero-order valence-corrected chi connectivity index (χ0v) is 19.2. The van der Waals surface area contributed by atoms with Crippen LogP contribution in [0.15, 0.2) is 34.9 Å². The normalized spacial score (nSPS) is 13.7. The minimum Gasteiger partial charge on any atom is -0.492 e. The Balaban J connectivity index is 1.47. The summed E-state index contributed by atoms with van der Waals surface area (Å²) in [5.41, 5.74) is 7.63. The van der Waals surface area contributed by atoms with E-state index in [1.54, 1.807) is 0 Å². The van der Waals surface area contributed by atoms with Crippen LogP contribution in [-0.4, -0.2) is 47.5 Å². The third-order valence-corrected chi connectivity index (χ3v) is 6.19. The highest BCUT2D eigenvalue weighted by atomic mass is 79.9. The van der Waals surface area contributed by atoms with E-state index in [1.807, 2.05) is 42.4 Å². The van der Waals surface area contributed by atoms with E-state index >= 15 is 0 Å². The van der Waals surface area contributed by atoms with E-state index in [0.29, 0.717) is 25.5 Å². The first kappa shape index (κ1) is 22.7. The van der Waals surface area contributed by atoms with Gasteiger partial charge in [0.05, 0.1) is 10.2 Å². The second-order valence-corrected chi connectivity index (χ2v) is 8.74. The lowest BCUT2D eigenvalue weighted by molar-refractivity contribution is -0.136. The fourth-order valence-electron chi connectivity index (χ4n) is 3.49. The molecular weight excluding hydrogens is 444 g/mol. The Morgan fingerprint density at radius 2 is 2.03 bits per heavy atom. The van der Waals surface area contributed by atoms with Crippen LogP contribution < -0.4 is 10.5 Å². The van der Waals surface area contributed by atoms with Gasteiger partial charge in [-0.05, 0) is 65.7 Å². The highest BCUT2D eigenvalue weighted by molar-refractivity contribution is 9.10. The van der Waals surface area contributed by atoms with E-state index in [2.05, 4.69) is 20.9 Å². The Kier molecular flexibility index (Phi) is 8.63. The number of amides is 1. The van der Waals surface area contributed by atoms with E-state index in [9.17, 15) is 4.79 Å². The zero-order valence-electron chi connectivity index (χ0n) is 17.6. The number of carbonyl (C=O) groups excluding carboxylic acids is 1. The number of nitrogens with zero attached hydrogens (tertiary/aromatic N) is 3. The Hall–Kier alpha value is -1.99. The van der Waals surface area contributed by atoms with Gasteiger partial charge in [-0.1, -0.05) is 18.6 Å². The molecule has 2 aromatic rings. The molecule has 0 unspecified atom stereocenters. The highest BCUT2D eigenvalue weighted by Gasteiger charge is 2.27. The number of rotatable bonds is 11. The molecule has 1 fully saturated rings. The fraction of sp³-hybridized carbons (Fsp3) is 0.522. The Morgan fingerprint density at radius 1 is 1.27 bits per heavy atom. The lowest BCUT2D eigenvalue weighted by Crippen LogP contribution is -2.36. The van der Waals surface area contributed by atoms with E-state index in [-0.39, 0.29) is 5.92 Å². The molecule has 1 aromatic heterocycles. The first-order chi connectivity index (χ1) is 14.6. The molecule has 2 N–H and O–H groups in total. The summed E-state index contributed by atoms with van der Waals surface area (Å²) in [4.78, 5) is 23.3. The summed E-state index contributed by atoms with van der Waals surface area (Å²) < 4.78 is 6.46. The molecule has 1 aliphatic carbocycles. The van der Waals surface area contributed by atoms with E-state index in [0.717, 1.165) is 66.0 Å². The first-order valence-electron chi connectivity index (χ1n) is 10.7. The Labute approximate surface area is 187 Å². The molecule has 0 spiro atoms. The molecule has 0 bridgehead atoms. The largest absolute Gasteiger partial charge is 0.492 e. The predicted octanol–water partition coefficient (Wildman–Crippen LogP) is 3.75. The van der Waals surface area contributed by atoms with Crippen LogP contribution >= 0.6 is 15.9 Å². The van der Waals surface area contributed by atoms with Crippen LogP contribution in [0.2, 0.25) is 0 Å². The van der Waals surface area contributed by atoms with Crippen molar-refractivity contribution in [3.63, 3.8) is 0 Å². The second kappa shape index (κ2) is 11.4. The van der Waals surface area contributed by atoms with Crippen LogP contribution in [-0.2, 0) is 17.6 Å². The lowest BCUT2D eigenvalue weighted by Gasteiger charge is -2.29. The minimum absolute atomic E-state index is 0.273. The van der Waals surface area contributed by atoms with Gasteiger partial charge in [-0.25, -0.2) is 9.97 Å². The number of halogens is 1. The molecule has 0 saturated heterocycles. The van der Waals surface area contributed by atoms with Crippen LogP contribution in [0.3, 0.4) is 0 Å². The number of carbonyl (C=O) groups is 1. The molecule has 1 heterocycles. The number of unbranched alkanes of at least 4 members (excludes halogenated alkanes) is 1. The van der Waals surface area contributed by atoms with Gasteiger partial charge in [0.2, 0.25) is 5.91 Å². The maximum atomic E-state index is 12.2. The van der Waals surface area contributed by atoms with E-state index in [4.69, 9.17) is 15.5 Å². The predicted molar refractivity (Wildman–Crippen MR) is 121 cm³/mol. The van der Waals surface area contributed by atoms with Crippen LogP contribution in [0.25, 0.3) is 0 Å². The third kappa shape index (κ3) is 6.51. The topological polar surface area (TPSA) is 81.3 Å². The summed E-state index contributed by atoms with van der Waals surface area (Å²) in [6.07, 6.45) is 8.66. The van der Waals surface area contributed by atoms with Crippen molar-refractivity contribution in [2.45, 2.75) is 44.9 Å². The monoisotopic (exact) mass is 474 g/mol. The number of nitrogens with two attached hydrogens (primary N) is 1. The number of benzene rings is 1. The summed E-state index contributed by atoms with van der Waals surface area (Å²) in [5.74, 6) is 2.21. The SMILES string of the molecule is CN(CCCCc1nc(Cc2ccc(OCCN)cc2)ncc1Br)C(=O)C1CCC1. The molecule has 1 amide bonds. The van der Waals surface area contributed by atoms with Crippen molar-refractivity contribution in [1.82, 2.24) is 14.9 Å². The molecule has 162 valence electrons. The summed E-state index contributed by atoms with van der Waals surface area (Å²) in [6.45, 7) is 1.83. The summed E-state index contributed by atoms with van der Waals surface area (Å²) in [6, 6.07) is 7.97. The van der Waals surface area contributed by atoms with Crippen molar-refractivity contribution in [1.29, 1.82) is 0 Å². The van der Waals surface area contributed by atoms with Crippen molar-refractivity contribution >= 4 is 21.8 Å². The summed E-state index contributed by atoms with van der Waals surface area (Å²) >= 11 is 3.57. The number of hydrogen-bond donors (Lipinski definition) is 1. The van der Waals surface area contributed by atoms with Gasteiger partial charge in [0, 0.05) is 38.7 Å². The molecule has 1 aliphatic rings. The molecule has 30 heavy (non-hydrogen) atoms.